The first kappa shape index (κ1) is 15.8. The molecule has 1 aliphatic carbocycles. The molecule has 0 spiro atoms. The molecule has 1 aliphatic heterocycles. The topological polar surface area (TPSA) is 61.9 Å². The summed E-state index contributed by atoms with van der Waals surface area (Å²) in [5.74, 6) is 1.48. The molecule has 5 nitrogen and oxygen atoms in total. The average molecular weight is 344 g/mol. The van der Waals surface area contributed by atoms with E-state index in [1.807, 2.05) is 11.0 Å². The molecule has 1 amide bonds. The van der Waals surface area contributed by atoms with Gasteiger partial charge in [-0.3, -0.25) is 9.89 Å². The van der Waals surface area contributed by atoms with Crippen molar-refractivity contribution in [2.75, 3.05) is 13.1 Å². The highest BCUT2D eigenvalue weighted by atomic mass is 32.1. The van der Waals surface area contributed by atoms with Crippen molar-refractivity contribution in [3.63, 3.8) is 0 Å². The number of likely N-dealkylation sites (tertiary alicyclic amines) is 1. The molecule has 6 heteroatoms. The van der Waals surface area contributed by atoms with Gasteiger partial charge < -0.3 is 4.90 Å². The Morgan fingerprint density at radius 3 is 2.88 bits per heavy atom. The summed E-state index contributed by atoms with van der Waals surface area (Å²) in [5, 5.41) is 10.6. The van der Waals surface area contributed by atoms with Gasteiger partial charge in [-0.2, -0.15) is 5.10 Å². The lowest BCUT2D eigenvalue weighted by Gasteiger charge is -2.31. The molecule has 24 heavy (non-hydrogen) atoms. The van der Waals surface area contributed by atoms with E-state index in [0.29, 0.717) is 23.4 Å². The van der Waals surface area contributed by atoms with Crippen LogP contribution in [0.25, 0.3) is 0 Å². The summed E-state index contributed by atoms with van der Waals surface area (Å²) in [7, 11) is 0. The Bertz CT molecular complexity index is 731. The number of aromatic nitrogens is 3. The van der Waals surface area contributed by atoms with E-state index < -0.39 is 0 Å². The van der Waals surface area contributed by atoms with Gasteiger partial charge in [-0.1, -0.05) is 13.8 Å². The summed E-state index contributed by atoms with van der Waals surface area (Å²) >= 11 is 1.74. The van der Waals surface area contributed by atoms with Crippen molar-refractivity contribution in [1.82, 2.24) is 20.1 Å². The van der Waals surface area contributed by atoms with Gasteiger partial charge in [0.15, 0.2) is 0 Å². The van der Waals surface area contributed by atoms with Crippen LogP contribution in [0.15, 0.2) is 11.4 Å². The number of piperidine rings is 1. The lowest BCUT2D eigenvalue weighted by atomic mass is 9.98. The first-order valence-electron chi connectivity index (χ1n) is 8.91. The molecule has 0 bridgehead atoms. The van der Waals surface area contributed by atoms with Crippen molar-refractivity contribution >= 4 is 17.2 Å². The summed E-state index contributed by atoms with van der Waals surface area (Å²) in [4.78, 5) is 19.5. The Balaban J connectivity index is 1.45. The zero-order valence-corrected chi connectivity index (χ0v) is 15.1. The number of rotatable bonds is 4. The van der Waals surface area contributed by atoms with Crippen LogP contribution < -0.4 is 0 Å². The SMILES string of the molecule is CC(C)c1csc([C@@H]2CCCN(C(=O)c3cc(C4CC4)[nH]n3)C2)n1. The van der Waals surface area contributed by atoms with Crippen LogP contribution in [0.4, 0.5) is 0 Å². The molecule has 0 aromatic carbocycles. The molecule has 0 unspecified atom stereocenters. The monoisotopic (exact) mass is 344 g/mol. The third-order valence-electron chi connectivity index (χ3n) is 5.02. The number of nitrogens with zero attached hydrogens (tertiary/aromatic N) is 3. The molecule has 4 rings (SSSR count). The van der Waals surface area contributed by atoms with Gasteiger partial charge in [-0.25, -0.2) is 4.98 Å². The summed E-state index contributed by atoms with van der Waals surface area (Å²) in [5.41, 5.74) is 2.85. The highest BCUT2D eigenvalue weighted by Gasteiger charge is 2.30. The van der Waals surface area contributed by atoms with E-state index in [-0.39, 0.29) is 5.91 Å². The van der Waals surface area contributed by atoms with Gasteiger partial charge >= 0.3 is 0 Å². The number of carbonyl (C=O) groups excluding carboxylic acids is 1. The first-order valence-corrected chi connectivity index (χ1v) is 9.79. The number of hydrogen-bond acceptors (Lipinski definition) is 4. The number of H-pyrrole nitrogens is 1. The average Bonchev–Trinajstić information content (AvgIpc) is 3.13. The Hall–Kier alpha value is -1.69. The summed E-state index contributed by atoms with van der Waals surface area (Å²) in [6, 6.07) is 1.95. The summed E-state index contributed by atoms with van der Waals surface area (Å²) in [6.45, 7) is 5.92. The molecule has 1 saturated heterocycles. The van der Waals surface area contributed by atoms with Crippen molar-refractivity contribution in [1.29, 1.82) is 0 Å². The van der Waals surface area contributed by atoms with Crippen molar-refractivity contribution in [3.05, 3.63) is 33.5 Å². The molecule has 1 atom stereocenters. The Kier molecular flexibility index (Phi) is 4.16. The third-order valence-corrected chi connectivity index (χ3v) is 6.05. The minimum atomic E-state index is 0.0588. The first-order chi connectivity index (χ1) is 11.6. The van der Waals surface area contributed by atoms with Crippen LogP contribution in [0.2, 0.25) is 0 Å². The van der Waals surface area contributed by atoms with Crippen LogP contribution >= 0.6 is 11.3 Å². The van der Waals surface area contributed by atoms with Crippen LogP contribution in [-0.2, 0) is 0 Å². The van der Waals surface area contributed by atoms with E-state index in [4.69, 9.17) is 4.98 Å². The molecule has 2 fully saturated rings. The lowest BCUT2D eigenvalue weighted by Crippen LogP contribution is -2.39. The molecule has 2 aliphatic rings. The number of aromatic amines is 1. The van der Waals surface area contributed by atoms with Crippen LogP contribution in [-0.4, -0.2) is 39.1 Å². The largest absolute Gasteiger partial charge is 0.337 e. The molecule has 1 saturated carbocycles. The predicted molar refractivity (Wildman–Crippen MR) is 94.6 cm³/mol. The second-order valence-corrected chi connectivity index (χ2v) is 8.23. The van der Waals surface area contributed by atoms with E-state index in [0.717, 1.165) is 31.6 Å². The molecule has 2 aromatic heterocycles. The number of hydrogen-bond donors (Lipinski definition) is 1. The molecule has 1 N–H and O–H groups in total. The zero-order valence-electron chi connectivity index (χ0n) is 14.3. The molecule has 2 aromatic rings. The molecule has 0 radical (unpaired) electrons. The van der Waals surface area contributed by atoms with Crippen LogP contribution in [0.1, 0.15) is 84.2 Å². The highest BCUT2D eigenvalue weighted by molar-refractivity contribution is 7.09. The van der Waals surface area contributed by atoms with E-state index in [9.17, 15) is 4.79 Å². The van der Waals surface area contributed by atoms with Gasteiger partial charge in [-0.05, 0) is 37.7 Å². The summed E-state index contributed by atoms with van der Waals surface area (Å²) < 4.78 is 0. The maximum atomic E-state index is 12.8. The third kappa shape index (κ3) is 3.11. The molecule has 3 heterocycles. The number of amides is 1. The molecular formula is C18H24N4OS. The highest BCUT2D eigenvalue weighted by Crippen LogP contribution is 2.39. The Labute approximate surface area is 146 Å². The second kappa shape index (κ2) is 6.31. The fraction of sp³-hybridized carbons (Fsp3) is 0.611. The van der Waals surface area contributed by atoms with Gasteiger partial charge in [0.2, 0.25) is 0 Å². The quantitative estimate of drug-likeness (QED) is 0.915. The Morgan fingerprint density at radius 2 is 2.17 bits per heavy atom. The van der Waals surface area contributed by atoms with E-state index >= 15 is 0 Å². The van der Waals surface area contributed by atoms with Crippen molar-refractivity contribution in [3.8, 4) is 0 Å². The van der Waals surface area contributed by atoms with Crippen LogP contribution in [0.3, 0.4) is 0 Å². The van der Waals surface area contributed by atoms with Crippen LogP contribution in [0, 0.1) is 0 Å². The van der Waals surface area contributed by atoms with Gasteiger partial charge in [0.25, 0.3) is 5.91 Å². The number of carbonyl (C=O) groups is 1. The van der Waals surface area contributed by atoms with E-state index in [1.54, 1.807) is 11.3 Å². The van der Waals surface area contributed by atoms with Gasteiger partial charge in [0.05, 0.1) is 10.7 Å². The molecular weight excluding hydrogens is 320 g/mol. The lowest BCUT2D eigenvalue weighted by molar-refractivity contribution is 0.0701. The fourth-order valence-electron chi connectivity index (χ4n) is 3.33. The van der Waals surface area contributed by atoms with Crippen molar-refractivity contribution in [2.45, 2.75) is 57.3 Å². The Morgan fingerprint density at radius 1 is 1.33 bits per heavy atom. The van der Waals surface area contributed by atoms with Crippen LogP contribution in [0.5, 0.6) is 0 Å². The van der Waals surface area contributed by atoms with Gasteiger partial charge in [0, 0.05) is 36.0 Å². The van der Waals surface area contributed by atoms with Gasteiger partial charge in [-0.15, -0.1) is 11.3 Å². The second-order valence-electron chi connectivity index (χ2n) is 7.34. The van der Waals surface area contributed by atoms with Gasteiger partial charge in [0.1, 0.15) is 5.69 Å². The maximum Gasteiger partial charge on any atom is 0.274 e. The van der Waals surface area contributed by atoms with E-state index in [2.05, 4.69) is 29.4 Å². The summed E-state index contributed by atoms with van der Waals surface area (Å²) in [6.07, 6.45) is 4.57. The zero-order chi connectivity index (χ0) is 16.7. The minimum Gasteiger partial charge on any atom is -0.337 e. The van der Waals surface area contributed by atoms with Crippen molar-refractivity contribution in [2.24, 2.45) is 0 Å². The normalized spacial score (nSPS) is 21.5. The van der Waals surface area contributed by atoms with E-state index in [1.165, 1.54) is 23.5 Å². The number of thiazole rings is 1. The predicted octanol–water partition coefficient (Wildman–Crippen LogP) is 3.89. The smallest absolute Gasteiger partial charge is 0.274 e. The minimum absolute atomic E-state index is 0.0588. The fourth-order valence-corrected chi connectivity index (χ4v) is 4.44. The molecule has 128 valence electrons. The maximum absolute atomic E-state index is 12.8. The standard InChI is InChI=1S/C18H24N4OS/c1-11(2)16-10-24-17(19-16)13-4-3-7-22(9-13)18(23)15-8-14(20-21-15)12-5-6-12/h8,10-13H,3-7,9H2,1-2H3,(H,20,21)/t13-/m1/s1. The van der Waals surface area contributed by atoms with Crippen molar-refractivity contribution < 1.29 is 4.79 Å². The number of nitrogens with one attached hydrogen (secondary N) is 1.